The molecular weight excluding hydrogens is 391 g/mol. The Bertz CT molecular complexity index is 1070. The van der Waals surface area contributed by atoms with E-state index in [1.54, 1.807) is 24.3 Å². The Kier molecular flexibility index (Phi) is 6.41. The molecule has 7 heteroatoms. The number of carbonyl (C=O) groups excluding carboxylic acids is 1. The fourth-order valence-electron chi connectivity index (χ4n) is 2.81. The van der Waals surface area contributed by atoms with Gasteiger partial charge in [-0.15, -0.1) is 0 Å². The maximum Gasteiger partial charge on any atom is 0.243 e. The standard InChI is InChI=1S/C22H21FN2O3S/c1-25(16-18-5-3-2-4-6-18)29(27,28)21-13-11-20(12-14-21)24-22(26)15-17-7-9-19(23)10-8-17/h2-14H,15-16H2,1H3,(H,24,26). The van der Waals surface area contributed by atoms with Gasteiger partial charge in [-0.3, -0.25) is 4.79 Å². The van der Waals surface area contributed by atoms with Gasteiger partial charge < -0.3 is 5.32 Å². The highest BCUT2D eigenvalue weighted by Gasteiger charge is 2.20. The van der Waals surface area contributed by atoms with Crippen molar-refractivity contribution in [3.8, 4) is 0 Å². The van der Waals surface area contributed by atoms with Crippen LogP contribution in [0.25, 0.3) is 0 Å². The smallest absolute Gasteiger partial charge is 0.243 e. The monoisotopic (exact) mass is 412 g/mol. The van der Waals surface area contributed by atoms with Crippen LogP contribution in [0.1, 0.15) is 11.1 Å². The van der Waals surface area contributed by atoms with E-state index in [1.807, 2.05) is 30.3 Å². The summed E-state index contributed by atoms with van der Waals surface area (Å²) >= 11 is 0. The van der Waals surface area contributed by atoms with E-state index in [9.17, 15) is 17.6 Å². The van der Waals surface area contributed by atoms with Gasteiger partial charge in [0.25, 0.3) is 0 Å². The molecule has 0 saturated heterocycles. The number of amides is 1. The summed E-state index contributed by atoms with van der Waals surface area (Å²) in [5.41, 5.74) is 2.07. The van der Waals surface area contributed by atoms with Crippen molar-refractivity contribution in [1.29, 1.82) is 0 Å². The Balaban J connectivity index is 1.64. The molecule has 0 aliphatic rings. The van der Waals surface area contributed by atoms with Crippen LogP contribution in [0.5, 0.6) is 0 Å². The Morgan fingerprint density at radius 2 is 1.52 bits per heavy atom. The first kappa shape index (κ1) is 20.7. The van der Waals surface area contributed by atoms with Crippen LogP contribution in [-0.4, -0.2) is 25.7 Å². The summed E-state index contributed by atoms with van der Waals surface area (Å²) in [7, 11) is -2.12. The van der Waals surface area contributed by atoms with E-state index in [2.05, 4.69) is 5.32 Å². The summed E-state index contributed by atoms with van der Waals surface area (Å²) in [6, 6.07) is 21.0. The molecule has 0 spiro atoms. The lowest BCUT2D eigenvalue weighted by Gasteiger charge is -2.17. The van der Waals surface area contributed by atoms with Crippen molar-refractivity contribution in [2.45, 2.75) is 17.9 Å². The van der Waals surface area contributed by atoms with Gasteiger partial charge in [0, 0.05) is 19.3 Å². The van der Waals surface area contributed by atoms with E-state index in [1.165, 1.54) is 35.6 Å². The van der Waals surface area contributed by atoms with Crippen molar-refractivity contribution in [2.24, 2.45) is 0 Å². The summed E-state index contributed by atoms with van der Waals surface area (Å²) in [5, 5.41) is 2.71. The van der Waals surface area contributed by atoms with E-state index in [-0.39, 0.29) is 29.6 Å². The predicted octanol–water partition coefficient (Wildman–Crippen LogP) is 3.83. The number of benzene rings is 3. The Morgan fingerprint density at radius 1 is 0.897 bits per heavy atom. The number of rotatable bonds is 7. The normalized spacial score (nSPS) is 11.4. The molecule has 0 aromatic heterocycles. The van der Waals surface area contributed by atoms with Gasteiger partial charge in [-0.1, -0.05) is 42.5 Å². The van der Waals surface area contributed by atoms with Crippen molar-refractivity contribution in [1.82, 2.24) is 4.31 Å². The fourth-order valence-corrected chi connectivity index (χ4v) is 3.97. The van der Waals surface area contributed by atoms with Crippen LogP contribution in [0.3, 0.4) is 0 Å². The Hall–Kier alpha value is -3.03. The largest absolute Gasteiger partial charge is 0.326 e. The summed E-state index contributed by atoms with van der Waals surface area (Å²) in [6.45, 7) is 0.263. The van der Waals surface area contributed by atoms with Gasteiger partial charge in [0.1, 0.15) is 5.82 Å². The van der Waals surface area contributed by atoms with Crippen LogP contribution in [-0.2, 0) is 27.8 Å². The lowest BCUT2D eigenvalue weighted by Crippen LogP contribution is -2.26. The second-order valence-electron chi connectivity index (χ2n) is 6.62. The molecule has 29 heavy (non-hydrogen) atoms. The van der Waals surface area contributed by atoms with E-state index in [0.717, 1.165) is 5.56 Å². The number of halogens is 1. The highest BCUT2D eigenvalue weighted by Crippen LogP contribution is 2.19. The number of nitrogens with one attached hydrogen (secondary N) is 1. The molecule has 150 valence electrons. The zero-order valence-electron chi connectivity index (χ0n) is 15.9. The van der Waals surface area contributed by atoms with E-state index < -0.39 is 10.0 Å². The number of hydrogen-bond donors (Lipinski definition) is 1. The second kappa shape index (κ2) is 8.98. The first-order valence-corrected chi connectivity index (χ1v) is 10.4. The van der Waals surface area contributed by atoms with Crippen molar-refractivity contribution in [3.05, 3.63) is 95.8 Å². The summed E-state index contributed by atoms with van der Waals surface area (Å²) < 4.78 is 39.7. The minimum atomic E-state index is -3.65. The quantitative estimate of drug-likeness (QED) is 0.641. The van der Waals surface area contributed by atoms with E-state index in [4.69, 9.17) is 0 Å². The SMILES string of the molecule is CN(Cc1ccccc1)S(=O)(=O)c1ccc(NC(=O)Cc2ccc(F)cc2)cc1. The van der Waals surface area contributed by atoms with E-state index >= 15 is 0 Å². The van der Waals surface area contributed by atoms with Crippen LogP contribution in [0.4, 0.5) is 10.1 Å². The van der Waals surface area contributed by atoms with Gasteiger partial charge in [0.15, 0.2) is 0 Å². The molecule has 0 fully saturated rings. The molecule has 1 amide bonds. The topological polar surface area (TPSA) is 66.5 Å². The first-order valence-electron chi connectivity index (χ1n) is 8.99. The fraction of sp³-hybridized carbons (Fsp3) is 0.136. The highest BCUT2D eigenvalue weighted by molar-refractivity contribution is 7.89. The number of nitrogens with zero attached hydrogens (tertiary/aromatic N) is 1. The zero-order valence-corrected chi connectivity index (χ0v) is 16.7. The van der Waals surface area contributed by atoms with Crippen molar-refractivity contribution >= 4 is 21.6 Å². The number of hydrogen-bond acceptors (Lipinski definition) is 3. The number of sulfonamides is 1. The Morgan fingerprint density at radius 3 is 2.14 bits per heavy atom. The maximum absolute atomic E-state index is 12.9. The minimum absolute atomic E-state index is 0.0974. The third-order valence-corrected chi connectivity index (χ3v) is 6.19. The molecule has 0 radical (unpaired) electrons. The van der Waals surface area contributed by atoms with Crippen molar-refractivity contribution < 1.29 is 17.6 Å². The molecule has 0 aliphatic heterocycles. The molecular formula is C22H21FN2O3S. The van der Waals surface area contributed by atoms with Gasteiger partial charge in [0.05, 0.1) is 11.3 Å². The van der Waals surface area contributed by atoms with Gasteiger partial charge in [-0.2, -0.15) is 4.31 Å². The van der Waals surface area contributed by atoms with Gasteiger partial charge >= 0.3 is 0 Å². The summed E-state index contributed by atoms with van der Waals surface area (Å²) in [4.78, 5) is 12.3. The highest BCUT2D eigenvalue weighted by atomic mass is 32.2. The molecule has 5 nitrogen and oxygen atoms in total. The van der Waals surface area contributed by atoms with Gasteiger partial charge in [0.2, 0.25) is 15.9 Å². The van der Waals surface area contributed by atoms with Crippen LogP contribution >= 0.6 is 0 Å². The van der Waals surface area contributed by atoms with Crippen molar-refractivity contribution in [2.75, 3.05) is 12.4 Å². The molecule has 3 aromatic carbocycles. The maximum atomic E-state index is 12.9. The molecule has 0 heterocycles. The lowest BCUT2D eigenvalue weighted by molar-refractivity contribution is -0.115. The lowest BCUT2D eigenvalue weighted by atomic mass is 10.1. The zero-order chi connectivity index (χ0) is 20.9. The summed E-state index contributed by atoms with van der Waals surface area (Å²) in [5.74, 6) is -0.628. The molecule has 0 atom stereocenters. The number of carbonyl (C=O) groups is 1. The molecule has 1 N–H and O–H groups in total. The van der Waals surface area contributed by atoms with Gasteiger partial charge in [-0.25, -0.2) is 12.8 Å². The molecule has 0 saturated carbocycles. The molecule has 0 unspecified atom stereocenters. The van der Waals surface area contributed by atoms with Crippen molar-refractivity contribution in [3.63, 3.8) is 0 Å². The number of anilines is 1. The average molecular weight is 412 g/mol. The third kappa shape index (κ3) is 5.49. The second-order valence-corrected chi connectivity index (χ2v) is 8.67. The average Bonchev–Trinajstić information content (AvgIpc) is 2.71. The van der Waals surface area contributed by atoms with Crippen LogP contribution in [0.2, 0.25) is 0 Å². The van der Waals surface area contributed by atoms with Gasteiger partial charge in [-0.05, 0) is 47.5 Å². The van der Waals surface area contributed by atoms with Crippen LogP contribution < -0.4 is 5.32 Å². The first-order chi connectivity index (χ1) is 13.8. The van der Waals surface area contributed by atoms with E-state index in [0.29, 0.717) is 11.3 Å². The third-order valence-electron chi connectivity index (χ3n) is 4.37. The summed E-state index contributed by atoms with van der Waals surface area (Å²) in [6.07, 6.45) is 0.0974. The Labute approximate surface area is 169 Å². The van der Waals surface area contributed by atoms with Crippen LogP contribution in [0, 0.1) is 5.82 Å². The van der Waals surface area contributed by atoms with Crippen LogP contribution in [0.15, 0.2) is 83.8 Å². The molecule has 0 bridgehead atoms. The molecule has 0 aliphatic carbocycles. The molecule has 3 rings (SSSR count). The minimum Gasteiger partial charge on any atom is -0.326 e. The predicted molar refractivity (Wildman–Crippen MR) is 110 cm³/mol. The molecule has 3 aromatic rings.